The summed E-state index contributed by atoms with van der Waals surface area (Å²) in [6.45, 7) is 1.45. The number of nitrogen functional groups attached to an aromatic ring is 1. The number of ether oxygens (including phenoxy) is 1. The van der Waals surface area contributed by atoms with Gasteiger partial charge in [0.1, 0.15) is 0 Å². The molecule has 1 amide bonds. The Labute approximate surface area is 143 Å². The van der Waals surface area contributed by atoms with Gasteiger partial charge in [-0.05, 0) is 49.4 Å². The highest BCUT2D eigenvalue weighted by molar-refractivity contribution is 6.31. The quantitative estimate of drug-likeness (QED) is 0.655. The van der Waals surface area contributed by atoms with Gasteiger partial charge in [0.25, 0.3) is 5.91 Å². The average Bonchev–Trinajstić information content (AvgIpc) is 2.55. The van der Waals surface area contributed by atoms with Crippen LogP contribution in [0.15, 0.2) is 42.5 Å². The molecule has 0 fully saturated rings. The first-order chi connectivity index (χ1) is 11.4. The zero-order valence-corrected chi connectivity index (χ0v) is 13.5. The number of benzene rings is 2. The van der Waals surface area contributed by atoms with Crippen molar-refractivity contribution in [2.45, 2.75) is 13.0 Å². The molecule has 0 aliphatic heterocycles. The number of carbonyl (C=O) groups excluding carboxylic acids is 2. The van der Waals surface area contributed by atoms with Crippen molar-refractivity contribution in [3.05, 3.63) is 58.6 Å². The Balaban J connectivity index is 2.00. The average molecular weight is 344 g/mol. The summed E-state index contributed by atoms with van der Waals surface area (Å²) in [5.41, 5.74) is 6.99. The Kier molecular flexibility index (Phi) is 5.40. The number of nitrogens with zero attached hydrogens (tertiary/aromatic N) is 1. The van der Waals surface area contributed by atoms with E-state index in [9.17, 15) is 9.59 Å². The summed E-state index contributed by atoms with van der Waals surface area (Å²) >= 11 is 5.77. The summed E-state index contributed by atoms with van der Waals surface area (Å²) in [5, 5.41) is 11.7. The predicted octanol–water partition coefficient (Wildman–Crippen LogP) is 2.98. The fourth-order valence-electron chi connectivity index (χ4n) is 1.87. The number of carbonyl (C=O) groups is 2. The second kappa shape index (κ2) is 7.49. The van der Waals surface area contributed by atoms with Crippen LogP contribution >= 0.6 is 11.6 Å². The standard InChI is InChI=1S/C17H14ClN3O3/c1-10(16(22)21-13-5-2-11(9-19)3-6-13)24-17(23)14-7-4-12(18)8-15(14)20/h2-8,10H,20H2,1H3,(H,21,22)/t10-/m1/s1. The van der Waals surface area contributed by atoms with Crippen LogP contribution in [0.2, 0.25) is 5.02 Å². The molecule has 0 aromatic heterocycles. The third-order valence-electron chi connectivity index (χ3n) is 3.17. The molecule has 0 saturated heterocycles. The Morgan fingerprint density at radius 3 is 2.50 bits per heavy atom. The van der Waals surface area contributed by atoms with Gasteiger partial charge in [-0.15, -0.1) is 0 Å². The lowest BCUT2D eigenvalue weighted by Gasteiger charge is -2.14. The van der Waals surface area contributed by atoms with Gasteiger partial charge < -0.3 is 15.8 Å². The number of nitrogens with two attached hydrogens (primary N) is 1. The lowest BCUT2D eigenvalue weighted by molar-refractivity contribution is -0.123. The maximum absolute atomic E-state index is 12.1. The van der Waals surface area contributed by atoms with Crippen LogP contribution in [0.5, 0.6) is 0 Å². The van der Waals surface area contributed by atoms with Crippen LogP contribution < -0.4 is 11.1 Å². The van der Waals surface area contributed by atoms with Gasteiger partial charge in [0.2, 0.25) is 0 Å². The molecule has 2 aromatic carbocycles. The molecule has 24 heavy (non-hydrogen) atoms. The Morgan fingerprint density at radius 2 is 1.92 bits per heavy atom. The van der Waals surface area contributed by atoms with Crippen LogP contribution in [-0.4, -0.2) is 18.0 Å². The number of halogens is 1. The van der Waals surface area contributed by atoms with Gasteiger partial charge in [0.15, 0.2) is 6.10 Å². The summed E-state index contributed by atoms with van der Waals surface area (Å²) in [7, 11) is 0. The number of nitrogens with one attached hydrogen (secondary N) is 1. The summed E-state index contributed by atoms with van der Waals surface area (Å²) < 4.78 is 5.11. The molecule has 0 spiro atoms. The summed E-state index contributed by atoms with van der Waals surface area (Å²) in [5.74, 6) is -1.22. The number of esters is 1. The fraction of sp³-hybridized carbons (Fsp3) is 0.118. The highest BCUT2D eigenvalue weighted by Gasteiger charge is 2.20. The van der Waals surface area contributed by atoms with Gasteiger partial charge in [0.05, 0.1) is 17.2 Å². The maximum Gasteiger partial charge on any atom is 0.341 e. The smallest absolute Gasteiger partial charge is 0.341 e. The number of hydrogen-bond acceptors (Lipinski definition) is 5. The Hall–Kier alpha value is -3.04. The van der Waals surface area contributed by atoms with E-state index < -0.39 is 18.0 Å². The third kappa shape index (κ3) is 4.24. The largest absolute Gasteiger partial charge is 0.449 e. The molecular formula is C17H14ClN3O3. The second-order valence-electron chi connectivity index (χ2n) is 4.96. The first kappa shape index (κ1) is 17.3. The number of anilines is 2. The number of nitriles is 1. The first-order valence-electron chi connectivity index (χ1n) is 6.97. The number of rotatable bonds is 4. The van der Waals surface area contributed by atoms with Crippen molar-refractivity contribution >= 4 is 34.9 Å². The highest BCUT2D eigenvalue weighted by atomic mass is 35.5. The van der Waals surface area contributed by atoms with Crippen LogP contribution in [0.25, 0.3) is 0 Å². The summed E-state index contributed by atoms with van der Waals surface area (Å²) in [6.07, 6.45) is -1.02. The normalized spacial score (nSPS) is 11.2. The zero-order valence-electron chi connectivity index (χ0n) is 12.7. The van der Waals surface area contributed by atoms with E-state index in [1.165, 1.54) is 25.1 Å². The van der Waals surface area contributed by atoms with E-state index in [2.05, 4.69) is 5.32 Å². The van der Waals surface area contributed by atoms with Crippen LogP contribution in [0, 0.1) is 11.3 Å². The van der Waals surface area contributed by atoms with Gasteiger partial charge in [-0.2, -0.15) is 5.26 Å². The predicted molar refractivity (Wildman–Crippen MR) is 90.5 cm³/mol. The van der Waals surface area contributed by atoms with E-state index in [4.69, 9.17) is 27.3 Å². The van der Waals surface area contributed by atoms with E-state index >= 15 is 0 Å². The highest BCUT2D eigenvalue weighted by Crippen LogP contribution is 2.19. The van der Waals surface area contributed by atoms with Crippen LogP contribution in [0.1, 0.15) is 22.8 Å². The van der Waals surface area contributed by atoms with Gasteiger partial charge >= 0.3 is 5.97 Å². The van der Waals surface area contributed by atoms with Crippen molar-refractivity contribution in [2.75, 3.05) is 11.1 Å². The monoisotopic (exact) mass is 343 g/mol. The van der Waals surface area contributed by atoms with E-state index in [0.717, 1.165) is 0 Å². The first-order valence-corrected chi connectivity index (χ1v) is 7.35. The molecule has 0 aliphatic carbocycles. The minimum Gasteiger partial charge on any atom is -0.449 e. The van der Waals surface area contributed by atoms with Gasteiger partial charge in [0, 0.05) is 16.4 Å². The molecular weight excluding hydrogens is 330 g/mol. The summed E-state index contributed by atoms with van der Waals surface area (Å²) in [6, 6.07) is 12.7. The Bertz CT molecular complexity index is 813. The van der Waals surface area contributed by atoms with E-state index in [0.29, 0.717) is 16.3 Å². The molecule has 0 aliphatic rings. The van der Waals surface area contributed by atoms with Crippen LogP contribution in [0.3, 0.4) is 0 Å². The molecule has 3 N–H and O–H groups in total. The topological polar surface area (TPSA) is 105 Å². The third-order valence-corrected chi connectivity index (χ3v) is 3.40. The van der Waals surface area contributed by atoms with E-state index in [-0.39, 0.29) is 11.3 Å². The molecule has 0 heterocycles. The van der Waals surface area contributed by atoms with E-state index in [1.807, 2.05) is 6.07 Å². The number of amides is 1. The zero-order chi connectivity index (χ0) is 17.7. The van der Waals surface area contributed by atoms with Crippen molar-refractivity contribution in [1.82, 2.24) is 0 Å². The van der Waals surface area contributed by atoms with Gasteiger partial charge in [-0.25, -0.2) is 4.79 Å². The van der Waals surface area contributed by atoms with Gasteiger partial charge in [-0.3, -0.25) is 4.79 Å². The van der Waals surface area contributed by atoms with Crippen LogP contribution in [0.4, 0.5) is 11.4 Å². The molecule has 0 bridgehead atoms. The SMILES string of the molecule is C[C@@H](OC(=O)c1ccc(Cl)cc1N)C(=O)Nc1ccc(C#N)cc1. The fourth-order valence-corrected chi connectivity index (χ4v) is 2.05. The van der Waals surface area contributed by atoms with E-state index in [1.54, 1.807) is 24.3 Å². The molecule has 2 aromatic rings. The molecule has 6 nitrogen and oxygen atoms in total. The minimum absolute atomic E-state index is 0.137. The Morgan fingerprint density at radius 1 is 1.25 bits per heavy atom. The van der Waals surface area contributed by atoms with Crippen molar-refractivity contribution < 1.29 is 14.3 Å². The molecule has 0 unspecified atom stereocenters. The van der Waals surface area contributed by atoms with Crippen molar-refractivity contribution in [3.8, 4) is 6.07 Å². The summed E-state index contributed by atoms with van der Waals surface area (Å²) in [4.78, 5) is 24.1. The maximum atomic E-state index is 12.1. The molecule has 0 saturated carbocycles. The molecule has 1 atom stereocenters. The lowest BCUT2D eigenvalue weighted by Crippen LogP contribution is -2.30. The van der Waals surface area contributed by atoms with Crippen molar-refractivity contribution in [2.24, 2.45) is 0 Å². The van der Waals surface area contributed by atoms with Crippen molar-refractivity contribution in [1.29, 1.82) is 5.26 Å². The second-order valence-corrected chi connectivity index (χ2v) is 5.39. The molecule has 0 radical (unpaired) electrons. The lowest BCUT2D eigenvalue weighted by atomic mass is 10.2. The van der Waals surface area contributed by atoms with Crippen molar-refractivity contribution in [3.63, 3.8) is 0 Å². The van der Waals surface area contributed by atoms with Crippen LogP contribution in [-0.2, 0) is 9.53 Å². The molecule has 7 heteroatoms. The number of hydrogen-bond donors (Lipinski definition) is 2. The molecule has 122 valence electrons. The molecule has 2 rings (SSSR count). The van der Waals surface area contributed by atoms with Gasteiger partial charge in [-0.1, -0.05) is 11.6 Å². The minimum atomic E-state index is -1.02.